The summed E-state index contributed by atoms with van der Waals surface area (Å²) in [5.41, 5.74) is 1.28. The summed E-state index contributed by atoms with van der Waals surface area (Å²) in [5.74, 6) is 4.59. The van der Waals surface area contributed by atoms with Gasteiger partial charge in [0.05, 0.1) is 36.2 Å². The number of hydrogen-bond donors (Lipinski definition) is 2. The van der Waals surface area contributed by atoms with Gasteiger partial charge in [0.15, 0.2) is 0 Å². The number of hydrogen-bond acceptors (Lipinski definition) is 6. The van der Waals surface area contributed by atoms with Gasteiger partial charge in [-0.25, -0.2) is 4.39 Å². The molecule has 184 valence electrons. The van der Waals surface area contributed by atoms with Crippen LogP contribution >= 0.6 is 22.9 Å². The number of carboxylic acid groups (broad SMARTS) is 1. The Morgan fingerprint density at radius 2 is 2.26 bits per heavy atom. The summed E-state index contributed by atoms with van der Waals surface area (Å²) in [7, 11) is 1.57. The fraction of sp³-hybridized carbons (Fsp3) is 0.385. The molecule has 0 spiro atoms. The third kappa shape index (κ3) is 5.93. The first-order chi connectivity index (χ1) is 16.9. The normalized spacial score (nSPS) is 19.2. The highest BCUT2D eigenvalue weighted by atomic mass is 35.5. The van der Waals surface area contributed by atoms with Gasteiger partial charge >= 0.3 is 5.97 Å². The Kier molecular flexibility index (Phi) is 8.24. The molecule has 1 aromatic carbocycles. The summed E-state index contributed by atoms with van der Waals surface area (Å²) < 4.78 is 18.8. The van der Waals surface area contributed by atoms with Gasteiger partial charge in [0.25, 0.3) is 0 Å². The Bertz CT molecular complexity index is 1270. The van der Waals surface area contributed by atoms with Crippen LogP contribution in [0.25, 0.3) is 10.9 Å². The summed E-state index contributed by atoms with van der Waals surface area (Å²) in [5, 5.41) is 23.6. The Hall–Kier alpha value is -2.70. The zero-order chi connectivity index (χ0) is 24.9. The summed E-state index contributed by atoms with van der Waals surface area (Å²) in [6, 6.07) is 6.79. The van der Waals surface area contributed by atoms with Gasteiger partial charge in [-0.1, -0.05) is 23.4 Å². The number of thiophene rings is 1. The molecule has 1 aliphatic rings. The minimum atomic E-state index is -0.862. The van der Waals surface area contributed by atoms with Crippen LogP contribution in [0.15, 0.2) is 35.8 Å². The highest BCUT2D eigenvalue weighted by Gasteiger charge is 2.34. The lowest BCUT2D eigenvalue weighted by molar-refractivity contribution is -0.146. The minimum Gasteiger partial charge on any atom is -0.497 e. The summed E-state index contributed by atoms with van der Waals surface area (Å²) in [6.07, 6.45) is 2.26. The largest absolute Gasteiger partial charge is 0.497 e. The molecule has 3 atom stereocenters. The SMILES string of the molecule is COc1ccc2ncc(Cl)c([C@H](O)CCC3CCN(CC#Cc4sccc4F)CC3C(=O)O)c2c1. The van der Waals surface area contributed by atoms with Crippen molar-refractivity contribution in [1.82, 2.24) is 9.88 Å². The van der Waals surface area contributed by atoms with Crippen LogP contribution in [0.4, 0.5) is 4.39 Å². The second kappa shape index (κ2) is 11.4. The Morgan fingerprint density at radius 3 is 2.97 bits per heavy atom. The standard InChI is InChI=1S/C26H26ClFN2O4S/c1-34-17-5-6-22-18(13-17)25(20(27)14-29-22)23(31)7-4-16-8-11-30(15-19(16)26(32)33)10-2-3-24-21(28)9-12-35-24/h5-6,9,12-14,16,19,23,31H,4,7-8,10-11,15H2,1H3,(H,32,33)/t16?,19?,23-/m1/s1. The van der Waals surface area contributed by atoms with Crippen LogP contribution < -0.4 is 4.74 Å². The summed E-state index contributed by atoms with van der Waals surface area (Å²) >= 11 is 7.66. The van der Waals surface area contributed by atoms with Crippen molar-refractivity contribution >= 4 is 39.8 Å². The maximum Gasteiger partial charge on any atom is 0.308 e. The molecule has 0 radical (unpaired) electrons. The van der Waals surface area contributed by atoms with E-state index in [1.54, 1.807) is 24.6 Å². The van der Waals surface area contributed by atoms with Gasteiger partial charge in [-0.15, -0.1) is 11.3 Å². The van der Waals surface area contributed by atoms with E-state index in [-0.39, 0.29) is 11.7 Å². The molecule has 6 nitrogen and oxygen atoms in total. The average molecular weight is 517 g/mol. The van der Waals surface area contributed by atoms with Crippen LogP contribution in [0.5, 0.6) is 5.75 Å². The molecule has 1 aliphatic heterocycles. The van der Waals surface area contributed by atoms with E-state index < -0.39 is 18.0 Å². The molecule has 0 amide bonds. The molecule has 0 saturated carbocycles. The Labute approximate surface area is 212 Å². The maximum absolute atomic E-state index is 13.5. The Morgan fingerprint density at radius 1 is 1.43 bits per heavy atom. The number of likely N-dealkylation sites (tertiary alicyclic amines) is 1. The van der Waals surface area contributed by atoms with E-state index in [9.17, 15) is 19.4 Å². The van der Waals surface area contributed by atoms with E-state index in [0.717, 1.165) is 5.39 Å². The van der Waals surface area contributed by atoms with Crippen molar-refractivity contribution in [1.29, 1.82) is 0 Å². The highest BCUT2D eigenvalue weighted by molar-refractivity contribution is 7.10. The number of ether oxygens (including phenoxy) is 1. The second-order valence-corrected chi connectivity index (χ2v) is 9.95. The Balaban J connectivity index is 1.41. The number of methoxy groups -OCH3 is 1. The van der Waals surface area contributed by atoms with Crippen molar-refractivity contribution in [2.45, 2.75) is 25.4 Å². The number of pyridine rings is 1. The van der Waals surface area contributed by atoms with Gasteiger partial charge in [0, 0.05) is 23.7 Å². The number of benzene rings is 1. The molecule has 1 saturated heterocycles. The second-order valence-electron chi connectivity index (χ2n) is 8.62. The molecule has 4 rings (SSSR count). The molecule has 9 heteroatoms. The number of nitrogens with zero attached hydrogens (tertiary/aromatic N) is 2. The molecule has 2 unspecified atom stereocenters. The molecule has 1 fully saturated rings. The minimum absolute atomic E-state index is 0.0810. The zero-order valence-corrected chi connectivity index (χ0v) is 20.8. The molecule has 0 bridgehead atoms. The van der Waals surface area contributed by atoms with E-state index in [2.05, 4.69) is 16.8 Å². The molecular formula is C26H26ClFN2O4S. The van der Waals surface area contributed by atoms with Crippen LogP contribution in [0.1, 0.15) is 35.8 Å². The lowest BCUT2D eigenvalue weighted by Crippen LogP contribution is -2.44. The number of fused-ring (bicyclic) bond motifs is 1. The summed E-state index contributed by atoms with van der Waals surface area (Å²) in [4.78, 5) is 18.7. The van der Waals surface area contributed by atoms with E-state index in [1.165, 1.54) is 23.6 Å². The van der Waals surface area contributed by atoms with Crippen LogP contribution in [0, 0.1) is 29.5 Å². The third-order valence-corrected chi connectivity index (χ3v) is 7.60. The maximum atomic E-state index is 13.5. The fourth-order valence-electron chi connectivity index (χ4n) is 4.60. The lowest BCUT2D eigenvalue weighted by Gasteiger charge is -2.36. The smallest absolute Gasteiger partial charge is 0.308 e. The van der Waals surface area contributed by atoms with Crippen molar-refractivity contribution in [3.63, 3.8) is 0 Å². The van der Waals surface area contributed by atoms with Crippen LogP contribution in [-0.4, -0.2) is 52.8 Å². The zero-order valence-electron chi connectivity index (χ0n) is 19.2. The number of piperidine rings is 1. The number of rotatable bonds is 7. The van der Waals surface area contributed by atoms with E-state index in [0.29, 0.717) is 65.6 Å². The van der Waals surface area contributed by atoms with E-state index in [4.69, 9.17) is 16.3 Å². The van der Waals surface area contributed by atoms with E-state index >= 15 is 0 Å². The first-order valence-corrected chi connectivity index (χ1v) is 12.6. The van der Waals surface area contributed by atoms with Crippen LogP contribution in [0.3, 0.4) is 0 Å². The van der Waals surface area contributed by atoms with Gasteiger partial charge in [0.1, 0.15) is 16.4 Å². The fourth-order valence-corrected chi connectivity index (χ4v) is 5.51. The number of aliphatic hydroxyl groups is 1. The van der Waals surface area contributed by atoms with E-state index in [1.807, 2.05) is 11.0 Å². The van der Waals surface area contributed by atoms with Gasteiger partial charge < -0.3 is 14.9 Å². The molecule has 35 heavy (non-hydrogen) atoms. The first-order valence-electron chi connectivity index (χ1n) is 11.3. The topological polar surface area (TPSA) is 82.9 Å². The number of carbonyl (C=O) groups is 1. The number of halogens is 2. The van der Waals surface area contributed by atoms with Crippen molar-refractivity contribution < 1.29 is 24.1 Å². The molecule has 2 aromatic heterocycles. The molecule has 2 N–H and O–H groups in total. The van der Waals surface area contributed by atoms with Crippen molar-refractivity contribution in [2.24, 2.45) is 11.8 Å². The van der Waals surface area contributed by atoms with Crippen molar-refractivity contribution in [3.8, 4) is 17.6 Å². The first kappa shape index (κ1) is 25.4. The third-order valence-electron chi connectivity index (χ3n) is 6.49. The number of carboxylic acids is 1. The number of aromatic nitrogens is 1. The number of aliphatic hydroxyl groups excluding tert-OH is 1. The average Bonchev–Trinajstić information content (AvgIpc) is 3.26. The monoisotopic (exact) mass is 516 g/mol. The van der Waals surface area contributed by atoms with Gasteiger partial charge in [-0.3, -0.25) is 14.7 Å². The molecule has 3 aromatic rings. The van der Waals surface area contributed by atoms with Gasteiger partial charge in [0.2, 0.25) is 0 Å². The van der Waals surface area contributed by atoms with Crippen LogP contribution in [0.2, 0.25) is 5.02 Å². The van der Waals surface area contributed by atoms with Crippen LogP contribution in [-0.2, 0) is 4.79 Å². The van der Waals surface area contributed by atoms with Crippen molar-refractivity contribution in [3.05, 3.63) is 57.1 Å². The highest BCUT2D eigenvalue weighted by Crippen LogP contribution is 2.36. The van der Waals surface area contributed by atoms with Gasteiger partial charge in [-0.05, 0) is 61.4 Å². The molecular weight excluding hydrogens is 491 g/mol. The lowest BCUT2D eigenvalue weighted by atomic mass is 9.81. The molecule has 0 aliphatic carbocycles. The summed E-state index contributed by atoms with van der Waals surface area (Å²) in [6.45, 7) is 1.45. The predicted molar refractivity (Wildman–Crippen MR) is 134 cm³/mol. The molecule has 3 heterocycles. The number of aliphatic carboxylic acids is 1. The van der Waals surface area contributed by atoms with Crippen molar-refractivity contribution in [2.75, 3.05) is 26.7 Å². The quantitative estimate of drug-likeness (QED) is 0.431. The predicted octanol–water partition coefficient (Wildman–Crippen LogP) is 4.99. The van der Waals surface area contributed by atoms with Gasteiger partial charge in [-0.2, -0.15) is 0 Å².